The highest BCUT2D eigenvalue weighted by atomic mass is 35.5. The second-order valence-electron chi connectivity index (χ2n) is 10.3. The van der Waals surface area contributed by atoms with E-state index in [1.165, 1.54) is 17.0 Å². The first-order valence-corrected chi connectivity index (χ1v) is 15.6. The molecule has 2 atom stereocenters. The second kappa shape index (κ2) is 13.7. The molecule has 0 heterocycles. The maximum absolute atomic E-state index is 14.1. The summed E-state index contributed by atoms with van der Waals surface area (Å²) in [5.41, 5.74) is 3.39. The molecule has 41 heavy (non-hydrogen) atoms. The number of carbonyl (C=O) groups excluding carboxylic acids is 2. The van der Waals surface area contributed by atoms with Gasteiger partial charge in [-0.1, -0.05) is 71.6 Å². The van der Waals surface area contributed by atoms with Crippen LogP contribution in [0.1, 0.15) is 49.4 Å². The fraction of sp³-hybridized carbons (Fsp3) is 0.355. The lowest BCUT2D eigenvalue weighted by Crippen LogP contribution is -2.52. The van der Waals surface area contributed by atoms with Crippen LogP contribution in [-0.2, 0) is 26.2 Å². The number of nitrogens with one attached hydrogen (secondary N) is 1. The molecular formula is C31H37Cl2N3O4S. The summed E-state index contributed by atoms with van der Waals surface area (Å²) in [6.45, 7) is 10.4. The van der Waals surface area contributed by atoms with Gasteiger partial charge in [-0.3, -0.25) is 13.9 Å². The standard InChI is InChI=1S/C31H37Cl2N3O4S/c1-7-23(5)34-31(38)24(6)35(18-26-27(32)9-8-10-28(26)33)30(37)19-36(29-16-13-21(3)17-22(29)4)41(39,40)25-14-11-20(2)12-15-25/h8-17,23-24H,7,18-19H2,1-6H3,(H,34,38)/t23-,24+/m0/s1. The molecule has 3 aromatic rings. The van der Waals surface area contributed by atoms with Crippen LogP contribution in [0.4, 0.5) is 5.69 Å². The Morgan fingerprint density at radius 2 is 1.49 bits per heavy atom. The zero-order valence-corrected chi connectivity index (χ0v) is 26.6. The quantitative estimate of drug-likeness (QED) is 0.268. The minimum atomic E-state index is -4.16. The predicted octanol–water partition coefficient (Wildman–Crippen LogP) is 6.45. The van der Waals surface area contributed by atoms with Crippen LogP contribution in [0.5, 0.6) is 0 Å². The average molecular weight is 619 g/mol. The molecule has 0 aliphatic carbocycles. The SMILES string of the molecule is CC[C@H](C)NC(=O)[C@@H](C)N(Cc1c(Cl)cccc1Cl)C(=O)CN(c1ccc(C)cc1C)S(=O)(=O)c1ccc(C)cc1. The van der Waals surface area contributed by atoms with Gasteiger partial charge in [-0.15, -0.1) is 0 Å². The summed E-state index contributed by atoms with van der Waals surface area (Å²) in [5.74, 6) is -0.946. The maximum atomic E-state index is 14.1. The number of benzene rings is 3. The van der Waals surface area contributed by atoms with Crippen LogP contribution in [0.2, 0.25) is 10.0 Å². The second-order valence-corrected chi connectivity index (χ2v) is 13.0. The van der Waals surface area contributed by atoms with E-state index in [-0.39, 0.29) is 23.4 Å². The van der Waals surface area contributed by atoms with E-state index in [0.717, 1.165) is 15.4 Å². The Bertz CT molecular complexity index is 1490. The number of amides is 2. The van der Waals surface area contributed by atoms with E-state index >= 15 is 0 Å². The van der Waals surface area contributed by atoms with Crippen molar-refractivity contribution in [2.45, 2.75) is 71.5 Å². The normalized spacial score (nSPS) is 12.9. The maximum Gasteiger partial charge on any atom is 0.264 e. The number of hydrogen-bond acceptors (Lipinski definition) is 4. The van der Waals surface area contributed by atoms with Crippen LogP contribution >= 0.6 is 23.2 Å². The molecule has 0 aliphatic heterocycles. The van der Waals surface area contributed by atoms with Crippen molar-refractivity contribution in [1.29, 1.82) is 0 Å². The molecule has 1 N–H and O–H groups in total. The van der Waals surface area contributed by atoms with E-state index in [9.17, 15) is 18.0 Å². The first kappa shape index (κ1) is 32.4. The van der Waals surface area contributed by atoms with Crippen molar-refractivity contribution in [2.24, 2.45) is 0 Å². The Balaban J connectivity index is 2.10. The van der Waals surface area contributed by atoms with Crippen LogP contribution in [0, 0.1) is 20.8 Å². The average Bonchev–Trinajstić information content (AvgIpc) is 2.91. The molecule has 0 aliphatic rings. The van der Waals surface area contributed by atoms with Crippen LogP contribution in [-0.4, -0.2) is 43.8 Å². The summed E-state index contributed by atoms with van der Waals surface area (Å²) in [6.07, 6.45) is 0.706. The topological polar surface area (TPSA) is 86.8 Å². The Kier molecular flexibility index (Phi) is 10.9. The van der Waals surface area contributed by atoms with E-state index in [1.807, 2.05) is 33.8 Å². The van der Waals surface area contributed by atoms with Gasteiger partial charge in [0.15, 0.2) is 0 Å². The first-order chi connectivity index (χ1) is 19.3. The van der Waals surface area contributed by atoms with Crippen molar-refractivity contribution < 1.29 is 18.0 Å². The molecular weight excluding hydrogens is 581 g/mol. The minimum absolute atomic E-state index is 0.0548. The molecule has 3 rings (SSSR count). The molecule has 10 heteroatoms. The zero-order chi connectivity index (χ0) is 30.5. The fourth-order valence-corrected chi connectivity index (χ4v) is 6.33. The van der Waals surface area contributed by atoms with E-state index < -0.39 is 28.5 Å². The number of carbonyl (C=O) groups is 2. The molecule has 0 aromatic heterocycles. The molecule has 0 spiro atoms. The number of hydrogen-bond donors (Lipinski definition) is 1. The highest BCUT2D eigenvalue weighted by Gasteiger charge is 2.34. The van der Waals surface area contributed by atoms with Gasteiger partial charge in [0, 0.05) is 28.2 Å². The van der Waals surface area contributed by atoms with Crippen molar-refractivity contribution in [1.82, 2.24) is 10.2 Å². The van der Waals surface area contributed by atoms with Gasteiger partial charge in [-0.2, -0.15) is 0 Å². The molecule has 2 amide bonds. The van der Waals surface area contributed by atoms with Gasteiger partial charge in [0.25, 0.3) is 10.0 Å². The third-order valence-corrected chi connectivity index (χ3v) is 9.55. The summed E-state index contributed by atoms with van der Waals surface area (Å²) >= 11 is 12.9. The molecule has 0 saturated carbocycles. The van der Waals surface area contributed by atoms with Gasteiger partial charge in [0.05, 0.1) is 10.6 Å². The first-order valence-electron chi connectivity index (χ1n) is 13.5. The largest absolute Gasteiger partial charge is 0.352 e. The molecule has 0 unspecified atom stereocenters. The van der Waals surface area contributed by atoms with Crippen molar-refractivity contribution >= 4 is 50.7 Å². The molecule has 220 valence electrons. The molecule has 3 aromatic carbocycles. The van der Waals surface area contributed by atoms with Gasteiger partial charge in [-0.05, 0) is 76.9 Å². The van der Waals surface area contributed by atoms with Crippen molar-refractivity contribution in [3.05, 3.63) is 93.0 Å². The summed E-state index contributed by atoms with van der Waals surface area (Å²) < 4.78 is 29.2. The molecule has 0 fully saturated rings. The van der Waals surface area contributed by atoms with Crippen LogP contribution in [0.25, 0.3) is 0 Å². The minimum Gasteiger partial charge on any atom is -0.352 e. The highest BCUT2D eigenvalue weighted by Crippen LogP contribution is 2.30. The number of aryl methyl sites for hydroxylation is 3. The van der Waals surface area contributed by atoms with Crippen molar-refractivity contribution in [3.63, 3.8) is 0 Å². The van der Waals surface area contributed by atoms with Gasteiger partial charge in [-0.25, -0.2) is 8.42 Å². The Morgan fingerprint density at radius 3 is 2.05 bits per heavy atom. The summed E-state index contributed by atoms with van der Waals surface area (Å²) in [6, 6.07) is 15.8. The number of rotatable bonds is 11. The summed E-state index contributed by atoms with van der Waals surface area (Å²) in [7, 11) is -4.16. The van der Waals surface area contributed by atoms with Gasteiger partial charge in [0.2, 0.25) is 11.8 Å². The van der Waals surface area contributed by atoms with Gasteiger partial charge >= 0.3 is 0 Å². The lowest BCUT2D eigenvalue weighted by molar-refractivity contribution is -0.139. The predicted molar refractivity (Wildman–Crippen MR) is 166 cm³/mol. The molecule has 0 radical (unpaired) electrons. The zero-order valence-electron chi connectivity index (χ0n) is 24.2. The fourth-order valence-electron chi connectivity index (χ4n) is 4.34. The molecule has 7 nitrogen and oxygen atoms in total. The summed E-state index contributed by atoms with van der Waals surface area (Å²) in [5, 5.41) is 3.58. The van der Waals surface area contributed by atoms with Crippen LogP contribution in [0.3, 0.4) is 0 Å². The van der Waals surface area contributed by atoms with Crippen LogP contribution < -0.4 is 9.62 Å². The number of halogens is 2. The number of sulfonamides is 1. The van der Waals surface area contributed by atoms with Crippen molar-refractivity contribution in [3.8, 4) is 0 Å². The van der Waals surface area contributed by atoms with E-state index in [4.69, 9.17) is 23.2 Å². The third kappa shape index (κ3) is 7.82. The molecule has 0 bridgehead atoms. The Hall–Kier alpha value is -3.07. The smallest absolute Gasteiger partial charge is 0.264 e. The van der Waals surface area contributed by atoms with Gasteiger partial charge < -0.3 is 10.2 Å². The molecule has 0 saturated heterocycles. The van der Waals surface area contributed by atoms with Crippen molar-refractivity contribution in [2.75, 3.05) is 10.8 Å². The lowest BCUT2D eigenvalue weighted by Gasteiger charge is -2.33. The van der Waals surface area contributed by atoms with Gasteiger partial charge in [0.1, 0.15) is 12.6 Å². The Morgan fingerprint density at radius 1 is 0.902 bits per heavy atom. The summed E-state index contributed by atoms with van der Waals surface area (Å²) in [4.78, 5) is 28.7. The van der Waals surface area contributed by atoms with Crippen LogP contribution in [0.15, 0.2) is 65.6 Å². The number of anilines is 1. The third-order valence-electron chi connectivity index (χ3n) is 7.07. The lowest BCUT2D eigenvalue weighted by atomic mass is 10.1. The monoisotopic (exact) mass is 617 g/mol. The highest BCUT2D eigenvalue weighted by molar-refractivity contribution is 7.92. The van der Waals surface area contributed by atoms with E-state index in [1.54, 1.807) is 56.3 Å². The van der Waals surface area contributed by atoms with E-state index in [2.05, 4.69) is 5.32 Å². The Labute approximate surface area is 253 Å². The van der Waals surface area contributed by atoms with E-state index in [0.29, 0.717) is 33.3 Å². The number of nitrogens with zero attached hydrogens (tertiary/aromatic N) is 2.